The van der Waals surface area contributed by atoms with Crippen LogP contribution in [-0.2, 0) is 11.0 Å². The summed E-state index contributed by atoms with van der Waals surface area (Å²) in [6, 6.07) is 5.21. The molecule has 0 aliphatic rings. The minimum absolute atomic E-state index is 0.240. The molecule has 1 rings (SSSR count). The second kappa shape index (κ2) is 7.82. The second-order valence-corrected chi connectivity index (χ2v) is 6.45. The summed E-state index contributed by atoms with van der Waals surface area (Å²) in [5.41, 5.74) is 2.25. The van der Waals surface area contributed by atoms with E-state index in [0.29, 0.717) is 5.92 Å². The highest BCUT2D eigenvalue weighted by atomic mass is 31.2. The molecule has 4 nitrogen and oxygen atoms in total. The molecule has 1 atom stereocenters. The first-order valence-electron chi connectivity index (χ1n) is 7.20. The van der Waals surface area contributed by atoms with Crippen LogP contribution in [0.5, 0.6) is 5.75 Å². The zero-order valence-corrected chi connectivity index (χ0v) is 13.4. The van der Waals surface area contributed by atoms with Crippen molar-refractivity contribution in [1.82, 2.24) is 0 Å². The maximum Gasteiger partial charge on any atom is 0.524 e. The van der Waals surface area contributed by atoms with Gasteiger partial charge in [-0.2, -0.15) is 0 Å². The predicted molar refractivity (Wildman–Crippen MR) is 80.9 cm³/mol. The summed E-state index contributed by atoms with van der Waals surface area (Å²) in [6.45, 7) is 6.39. The van der Waals surface area contributed by atoms with Gasteiger partial charge in [0.05, 0.1) is 0 Å². The molecule has 0 spiro atoms. The van der Waals surface area contributed by atoms with Crippen molar-refractivity contribution in [3.05, 3.63) is 29.3 Å². The van der Waals surface area contributed by atoms with E-state index in [2.05, 4.69) is 18.4 Å². The van der Waals surface area contributed by atoms with Gasteiger partial charge in [0, 0.05) is 0 Å². The minimum atomic E-state index is -4.48. The van der Waals surface area contributed by atoms with Gasteiger partial charge in [-0.05, 0) is 42.5 Å². The van der Waals surface area contributed by atoms with Crippen LogP contribution < -0.4 is 4.52 Å². The van der Waals surface area contributed by atoms with Crippen molar-refractivity contribution in [3.63, 3.8) is 0 Å². The minimum Gasteiger partial charge on any atom is -0.404 e. The fourth-order valence-electron chi connectivity index (χ4n) is 2.32. The molecule has 0 aliphatic heterocycles. The molecule has 114 valence electrons. The van der Waals surface area contributed by atoms with Gasteiger partial charge in [0.1, 0.15) is 5.75 Å². The third-order valence-electron chi connectivity index (χ3n) is 3.60. The standard InChI is InChI=1S/C15H25O4P/c1-4-6-7-13(5-2)10-14-11-15(9-8-12(14)3)19-20(16,17)18/h8-9,11,13H,4-7,10H2,1-3H3,(H2,16,17,18). The van der Waals surface area contributed by atoms with Crippen molar-refractivity contribution in [3.8, 4) is 5.75 Å². The fraction of sp³-hybridized carbons (Fsp3) is 0.600. The third-order valence-corrected chi connectivity index (χ3v) is 4.05. The molecule has 0 aromatic heterocycles. The first kappa shape index (κ1) is 17.2. The van der Waals surface area contributed by atoms with Crippen LogP contribution in [0.3, 0.4) is 0 Å². The Balaban J connectivity index is 2.82. The molecular formula is C15H25O4P. The van der Waals surface area contributed by atoms with E-state index in [-0.39, 0.29) is 5.75 Å². The van der Waals surface area contributed by atoms with Crippen LogP contribution in [0.4, 0.5) is 0 Å². The Kier molecular flexibility index (Phi) is 6.74. The zero-order chi connectivity index (χ0) is 15.2. The highest BCUT2D eigenvalue weighted by molar-refractivity contribution is 7.46. The third kappa shape index (κ3) is 6.08. The van der Waals surface area contributed by atoms with Crippen molar-refractivity contribution in [1.29, 1.82) is 0 Å². The number of hydrogen-bond acceptors (Lipinski definition) is 2. The van der Waals surface area contributed by atoms with E-state index in [0.717, 1.165) is 24.0 Å². The highest BCUT2D eigenvalue weighted by Gasteiger charge is 2.17. The van der Waals surface area contributed by atoms with Crippen molar-refractivity contribution in [2.24, 2.45) is 5.92 Å². The molecule has 5 heteroatoms. The van der Waals surface area contributed by atoms with E-state index in [1.165, 1.54) is 19.3 Å². The molecule has 0 bridgehead atoms. The molecule has 1 aromatic carbocycles. The van der Waals surface area contributed by atoms with Gasteiger partial charge in [-0.15, -0.1) is 0 Å². The summed E-state index contributed by atoms with van der Waals surface area (Å²) >= 11 is 0. The Morgan fingerprint density at radius 3 is 2.55 bits per heavy atom. The molecule has 1 unspecified atom stereocenters. The largest absolute Gasteiger partial charge is 0.524 e. The van der Waals surface area contributed by atoms with Gasteiger partial charge in [-0.25, -0.2) is 4.57 Å². The predicted octanol–water partition coefficient (Wildman–Crippen LogP) is 4.23. The first-order chi connectivity index (χ1) is 9.35. The highest BCUT2D eigenvalue weighted by Crippen LogP contribution is 2.38. The molecule has 2 N–H and O–H groups in total. The fourth-order valence-corrected chi connectivity index (χ4v) is 2.70. The van der Waals surface area contributed by atoms with Crippen LogP contribution in [0.2, 0.25) is 0 Å². The Morgan fingerprint density at radius 1 is 1.30 bits per heavy atom. The number of unbranched alkanes of at least 4 members (excludes halogenated alkanes) is 1. The van der Waals surface area contributed by atoms with Crippen LogP contribution >= 0.6 is 7.82 Å². The summed E-state index contributed by atoms with van der Waals surface area (Å²) in [4.78, 5) is 17.7. The van der Waals surface area contributed by atoms with Gasteiger partial charge >= 0.3 is 7.82 Å². The summed E-state index contributed by atoms with van der Waals surface area (Å²) in [5, 5.41) is 0. The monoisotopic (exact) mass is 300 g/mol. The number of rotatable bonds is 8. The van der Waals surface area contributed by atoms with Crippen molar-refractivity contribution < 1.29 is 18.9 Å². The first-order valence-corrected chi connectivity index (χ1v) is 8.73. The number of benzene rings is 1. The lowest BCUT2D eigenvalue weighted by atomic mass is 9.90. The van der Waals surface area contributed by atoms with E-state index < -0.39 is 7.82 Å². The van der Waals surface area contributed by atoms with E-state index in [4.69, 9.17) is 9.79 Å². The van der Waals surface area contributed by atoms with Crippen LogP contribution in [-0.4, -0.2) is 9.79 Å². The zero-order valence-electron chi connectivity index (χ0n) is 12.5. The quantitative estimate of drug-likeness (QED) is 0.705. The number of hydrogen-bond donors (Lipinski definition) is 2. The number of phosphoric acid groups is 1. The summed E-state index contributed by atoms with van der Waals surface area (Å²) in [7, 11) is -4.48. The molecule has 20 heavy (non-hydrogen) atoms. The van der Waals surface area contributed by atoms with Gasteiger partial charge in [-0.1, -0.05) is 45.6 Å². The lowest BCUT2D eigenvalue weighted by Gasteiger charge is -2.17. The van der Waals surface area contributed by atoms with Gasteiger partial charge in [0.25, 0.3) is 0 Å². The summed E-state index contributed by atoms with van der Waals surface area (Å²) < 4.78 is 15.5. The lowest BCUT2D eigenvalue weighted by molar-refractivity contribution is 0.283. The van der Waals surface area contributed by atoms with Crippen LogP contribution in [0.25, 0.3) is 0 Å². The number of aryl methyl sites for hydroxylation is 1. The molecule has 0 fully saturated rings. The van der Waals surface area contributed by atoms with Crippen molar-refractivity contribution >= 4 is 7.82 Å². The second-order valence-electron chi connectivity index (χ2n) is 5.29. The summed E-state index contributed by atoms with van der Waals surface area (Å²) in [5.74, 6) is 0.850. The smallest absolute Gasteiger partial charge is 0.404 e. The van der Waals surface area contributed by atoms with Gasteiger partial charge in [0.15, 0.2) is 0 Å². The van der Waals surface area contributed by atoms with Crippen molar-refractivity contribution in [2.45, 2.75) is 52.9 Å². The number of phosphoric ester groups is 1. The molecule has 0 heterocycles. The topological polar surface area (TPSA) is 66.8 Å². The molecule has 0 saturated heterocycles. The van der Waals surface area contributed by atoms with Crippen LogP contribution in [0, 0.1) is 12.8 Å². The Labute approximate surface area is 121 Å². The molecule has 1 aromatic rings. The normalized spacial score (nSPS) is 13.2. The Morgan fingerprint density at radius 2 is 2.00 bits per heavy atom. The molecule has 0 aliphatic carbocycles. The lowest BCUT2D eigenvalue weighted by Crippen LogP contribution is -2.05. The molecule has 0 saturated carbocycles. The van der Waals surface area contributed by atoms with E-state index in [1.54, 1.807) is 12.1 Å². The van der Waals surface area contributed by atoms with Gasteiger partial charge in [0.2, 0.25) is 0 Å². The molecular weight excluding hydrogens is 275 g/mol. The summed E-state index contributed by atoms with van der Waals surface area (Å²) in [6.07, 6.45) is 5.65. The van der Waals surface area contributed by atoms with E-state index >= 15 is 0 Å². The maximum absolute atomic E-state index is 10.9. The van der Waals surface area contributed by atoms with Gasteiger partial charge in [-0.3, -0.25) is 9.79 Å². The van der Waals surface area contributed by atoms with Gasteiger partial charge < -0.3 is 4.52 Å². The maximum atomic E-state index is 10.9. The van der Waals surface area contributed by atoms with Crippen LogP contribution in [0.15, 0.2) is 18.2 Å². The Hall–Kier alpha value is -0.830. The average Bonchev–Trinajstić information content (AvgIpc) is 2.36. The SMILES string of the molecule is CCCCC(CC)Cc1cc(OP(=O)(O)O)ccc1C. The van der Waals surface area contributed by atoms with Crippen LogP contribution in [0.1, 0.15) is 50.7 Å². The molecule has 0 amide bonds. The average molecular weight is 300 g/mol. The Bertz CT molecular complexity index is 467. The van der Waals surface area contributed by atoms with E-state index in [9.17, 15) is 4.57 Å². The molecule has 0 radical (unpaired) electrons. The van der Waals surface area contributed by atoms with Crippen molar-refractivity contribution in [2.75, 3.05) is 0 Å². The van der Waals surface area contributed by atoms with E-state index in [1.807, 2.05) is 13.0 Å².